The normalized spacial score (nSPS) is 13.3. The summed E-state index contributed by atoms with van der Waals surface area (Å²) in [6.45, 7) is 5.95. The minimum atomic E-state index is 0.0789. The first-order chi connectivity index (χ1) is 4.18. The third-order valence-corrected chi connectivity index (χ3v) is 1.24. The van der Waals surface area contributed by atoms with Crippen LogP contribution in [-0.4, -0.2) is 12.5 Å². The number of rotatable bonds is 4. The van der Waals surface area contributed by atoms with Gasteiger partial charge in [0.05, 0.1) is 6.10 Å². The van der Waals surface area contributed by atoms with Gasteiger partial charge in [-0.1, -0.05) is 13.8 Å². The molecular weight excluding hydrogens is 118 g/mol. The summed E-state index contributed by atoms with van der Waals surface area (Å²) >= 11 is 0. The van der Waals surface area contributed by atoms with Gasteiger partial charge in [-0.25, -0.2) is 5.48 Å². The molecule has 0 aromatic carbocycles. The maximum atomic E-state index is 9.70. The molecule has 9 heavy (non-hydrogen) atoms. The van der Waals surface area contributed by atoms with Crippen LogP contribution in [0.2, 0.25) is 0 Å². The van der Waals surface area contributed by atoms with Crippen LogP contribution in [0.5, 0.6) is 0 Å². The molecule has 1 unspecified atom stereocenters. The van der Waals surface area contributed by atoms with E-state index in [2.05, 4.69) is 5.48 Å². The first-order valence-corrected chi connectivity index (χ1v) is 3.03. The van der Waals surface area contributed by atoms with E-state index in [4.69, 9.17) is 4.84 Å². The second-order valence-electron chi connectivity index (χ2n) is 2.30. The van der Waals surface area contributed by atoms with Gasteiger partial charge in [-0.3, -0.25) is 9.63 Å². The van der Waals surface area contributed by atoms with E-state index in [0.29, 0.717) is 12.3 Å². The topological polar surface area (TPSA) is 38.3 Å². The Balaban J connectivity index is 3.26. The Morgan fingerprint density at radius 2 is 2.00 bits per heavy atom. The van der Waals surface area contributed by atoms with Crippen LogP contribution in [0.15, 0.2) is 0 Å². The highest BCUT2D eigenvalue weighted by molar-refractivity contribution is 5.43. The SMILES string of the molecule is CC(C)C(C)ONC=O. The Labute approximate surface area is 55.3 Å². The molecule has 0 saturated carbocycles. The van der Waals surface area contributed by atoms with Gasteiger partial charge in [-0.05, 0) is 12.8 Å². The highest BCUT2D eigenvalue weighted by atomic mass is 16.7. The first-order valence-electron chi connectivity index (χ1n) is 3.03. The molecule has 1 amide bonds. The maximum Gasteiger partial charge on any atom is 0.230 e. The molecule has 0 fully saturated rings. The van der Waals surface area contributed by atoms with Crippen molar-refractivity contribution in [1.29, 1.82) is 0 Å². The number of hydroxylamine groups is 1. The monoisotopic (exact) mass is 131 g/mol. The van der Waals surface area contributed by atoms with Crippen molar-refractivity contribution in [1.82, 2.24) is 5.48 Å². The fraction of sp³-hybridized carbons (Fsp3) is 0.833. The molecular formula is C6H13NO2. The van der Waals surface area contributed by atoms with Crippen molar-refractivity contribution in [2.45, 2.75) is 26.9 Å². The van der Waals surface area contributed by atoms with Crippen LogP contribution in [0.1, 0.15) is 20.8 Å². The minimum Gasteiger partial charge on any atom is -0.277 e. The second-order valence-corrected chi connectivity index (χ2v) is 2.30. The number of nitrogens with one attached hydrogen (secondary N) is 1. The molecule has 1 N–H and O–H groups in total. The summed E-state index contributed by atoms with van der Waals surface area (Å²) in [4.78, 5) is 14.5. The van der Waals surface area contributed by atoms with Gasteiger partial charge >= 0.3 is 0 Å². The van der Waals surface area contributed by atoms with Crippen molar-refractivity contribution in [3.05, 3.63) is 0 Å². The highest BCUT2D eigenvalue weighted by Gasteiger charge is 2.05. The van der Waals surface area contributed by atoms with E-state index in [1.807, 2.05) is 20.8 Å². The zero-order chi connectivity index (χ0) is 7.28. The Kier molecular flexibility index (Phi) is 4.05. The molecule has 0 aliphatic heterocycles. The van der Waals surface area contributed by atoms with E-state index in [1.165, 1.54) is 0 Å². The van der Waals surface area contributed by atoms with Gasteiger partial charge in [0, 0.05) is 0 Å². The van der Waals surface area contributed by atoms with Gasteiger partial charge in [-0.2, -0.15) is 0 Å². The van der Waals surface area contributed by atoms with Crippen LogP contribution in [0.25, 0.3) is 0 Å². The van der Waals surface area contributed by atoms with E-state index in [1.54, 1.807) is 0 Å². The lowest BCUT2D eigenvalue weighted by Gasteiger charge is -2.13. The average molecular weight is 131 g/mol. The predicted octanol–water partition coefficient (Wildman–Crippen LogP) is 0.708. The van der Waals surface area contributed by atoms with Crippen LogP contribution in [-0.2, 0) is 9.63 Å². The molecule has 0 aliphatic rings. The van der Waals surface area contributed by atoms with Crippen molar-refractivity contribution < 1.29 is 9.63 Å². The lowest BCUT2D eigenvalue weighted by Crippen LogP contribution is -2.24. The van der Waals surface area contributed by atoms with E-state index >= 15 is 0 Å². The third kappa shape index (κ3) is 3.97. The van der Waals surface area contributed by atoms with Gasteiger partial charge in [0.15, 0.2) is 0 Å². The summed E-state index contributed by atoms with van der Waals surface area (Å²) in [6.07, 6.45) is 0.606. The van der Waals surface area contributed by atoms with E-state index in [9.17, 15) is 4.79 Å². The zero-order valence-electron chi connectivity index (χ0n) is 6.05. The summed E-state index contributed by atoms with van der Waals surface area (Å²) in [7, 11) is 0. The molecule has 1 atom stereocenters. The zero-order valence-corrected chi connectivity index (χ0v) is 6.05. The number of carbonyl (C=O) groups is 1. The number of carbonyl (C=O) groups excluding carboxylic acids is 1. The van der Waals surface area contributed by atoms with Crippen LogP contribution in [0, 0.1) is 5.92 Å². The number of hydrogen-bond acceptors (Lipinski definition) is 2. The fourth-order valence-electron chi connectivity index (χ4n) is 0.271. The van der Waals surface area contributed by atoms with Crippen LogP contribution < -0.4 is 5.48 Å². The molecule has 0 spiro atoms. The smallest absolute Gasteiger partial charge is 0.230 e. The maximum absolute atomic E-state index is 9.70. The molecule has 0 rings (SSSR count). The summed E-state index contributed by atoms with van der Waals surface area (Å²) in [5.74, 6) is 0.428. The molecule has 3 heteroatoms. The fourth-order valence-corrected chi connectivity index (χ4v) is 0.271. The Bertz CT molecular complexity index is 83.1. The van der Waals surface area contributed by atoms with Crippen molar-refractivity contribution in [3.8, 4) is 0 Å². The van der Waals surface area contributed by atoms with E-state index in [0.717, 1.165) is 0 Å². The van der Waals surface area contributed by atoms with Gasteiger partial charge in [0.1, 0.15) is 0 Å². The van der Waals surface area contributed by atoms with Gasteiger partial charge in [0.25, 0.3) is 0 Å². The Morgan fingerprint density at radius 3 is 2.33 bits per heavy atom. The van der Waals surface area contributed by atoms with Gasteiger partial charge in [0.2, 0.25) is 6.41 Å². The molecule has 0 saturated heterocycles. The van der Waals surface area contributed by atoms with E-state index in [-0.39, 0.29) is 6.10 Å². The summed E-state index contributed by atoms with van der Waals surface area (Å²) in [5.41, 5.74) is 2.15. The third-order valence-electron chi connectivity index (χ3n) is 1.24. The minimum absolute atomic E-state index is 0.0789. The standard InChI is InChI=1S/C6H13NO2/c1-5(2)6(3)9-7-4-8/h4-6H,1-3H3,(H,7,8). The molecule has 0 aromatic heterocycles. The molecule has 0 radical (unpaired) electrons. The summed E-state index contributed by atoms with van der Waals surface area (Å²) < 4.78 is 0. The Morgan fingerprint density at radius 1 is 1.44 bits per heavy atom. The molecule has 54 valence electrons. The lowest BCUT2D eigenvalue weighted by atomic mass is 10.1. The first kappa shape index (κ1) is 8.43. The summed E-state index contributed by atoms with van der Waals surface area (Å²) in [5, 5.41) is 0. The van der Waals surface area contributed by atoms with Gasteiger partial charge in [-0.15, -0.1) is 0 Å². The predicted molar refractivity (Wildman–Crippen MR) is 34.6 cm³/mol. The number of amides is 1. The quantitative estimate of drug-likeness (QED) is 0.450. The largest absolute Gasteiger partial charge is 0.277 e. The molecule has 0 bridgehead atoms. The van der Waals surface area contributed by atoms with Crippen molar-refractivity contribution in [3.63, 3.8) is 0 Å². The van der Waals surface area contributed by atoms with Crippen LogP contribution in [0.4, 0.5) is 0 Å². The second kappa shape index (κ2) is 4.32. The lowest BCUT2D eigenvalue weighted by molar-refractivity contribution is -0.126. The van der Waals surface area contributed by atoms with E-state index < -0.39 is 0 Å². The Hall–Kier alpha value is -0.570. The van der Waals surface area contributed by atoms with Crippen molar-refractivity contribution in [2.75, 3.05) is 0 Å². The van der Waals surface area contributed by atoms with Crippen LogP contribution in [0.3, 0.4) is 0 Å². The average Bonchev–Trinajstić information content (AvgIpc) is 1.82. The van der Waals surface area contributed by atoms with Crippen molar-refractivity contribution in [2.24, 2.45) is 5.92 Å². The molecule has 0 heterocycles. The van der Waals surface area contributed by atoms with Crippen LogP contribution >= 0.6 is 0 Å². The molecule has 0 aromatic rings. The van der Waals surface area contributed by atoms with Gasteiger partial charge < -0.3 is 0 Å². The highest BCUT2D eigenvalue weighted by Crippen LogP contribution is 2.01. The van der Waals surface area contributed by atoms with Crippen molar-refractivity contribution >= 4 is 6.41 Å². The molecule has 0 aliphatic carbocycles. The molecule has 3 nitrogen and oxygen atoms in total. The number of hydrogen-bond donors (Lipinski definition) is 1. The summed E-state index contributed by atoms with van der Waals surface area (Å²) in [6, 6.07) is 0.